The van der Waals surface area contributed by atoms with E-state index in [1.54, 1.807) is 0 Å². The smallest absolute Gasteiger partial charge is 0.409 e. The molecule has 1 aromatic rings. The zero-order valence-corrected chi connectivity index (χ0v) is 15.8. The van der Waals surface area contributed by atoms with Crippen LogP contribution in [-0.4, -0.2) is 53.7 Å². The van der Waals surface area contributed by atoms with E-state index in [0.717, 1.165) is 57.7 Å². The second-order valence-electron chi connectivity index (χ2n) is 6.93. The fourth-order valence-corrected chi connectivity index (χ4v) is 3.21. The van der Waals surface area contributed by atoms with Gasteiger partial charge < -0.3 is 9.64 Å². The summed E-state index contributed by atoms with van der Waals surface area (Å²) >= 11 is 0. The normalized spacial score (nSPS) is 17.1. The molecule has 1 aliphatic heterocycles. The van der Waals surface area contributed by atoms with Crippen LogP contribution in [0.25, 0.3) is 0 Å². The van der Waals surface area contributed by atoms with Crippen LogP contribution in [0.2, 0.25) is 0 Å². The molecule has 1 fully saturated rings. The molecule has 1 aromatic heterocycles. The summed E-state index contributed by atoms with van der Waals surface area (Å²) in [4.78, 5) is 21.0. The Morgan fingerprint density at radius 3 is 2.84 bits per heavy atom. The highest BCUT2D eigenvalue weighted by atomic mass is 16.6. The van der Waals surface area contributed by atoms with Gasteiger partial charge in [-0.25, -0.2) is 4.79 Å². The standard InChI is InChI=1S/C20H33N3O2/c1-3-5-9-18(4-2)17-25-20(24)23-13-8-12-22(14-15-23)16-19-10-6-7-11-21-19/h6-7,10-11,18H,3-5,8-9,12-17H2,1-2H3. The van der Waals surface area contributed by atoms with Crippen molar-refractivity contribution < 1.29 is 9.53 Å². The maximum Gasteiger partial charge on any atom is 0.409 e. The van der Waals surface area contributed by atoms with E-state index in [1.807, 2.05) is 23.2 Å². The highest BCUT2D eigenvalue weighted by molar-refractivity contribution is 5.67. The summed E-state index contributed by atoms with van der Waals surface area (Å²) in [5.74, 6) is 0.497. The van der Waals surface area contributed by atoms with Crippen molar-refractivity contribution in [3.63, 3.8) is 0 Å². The molecule has 1 amide bonds. The SMILES string of the molecule is CCCCC(CC)COC(=O)N1CCCN(Cc2ccccn2)CC1. The van der Waals surface area contributed by atoms with Crippen LogP contribution in [-0.2, 0) is 11.3 Å². The summed E-state index contributed by atoms with van der Waals surface area (Å²) in [5, 5.41) is 0. The maximum absolute atomic E-state index is 12.4. The lowest BCUT2D eigenvalue weighted by Crippen LogP contribution is -2.36. The van der Waals surface area contributed by atoms with Crippen LogP contribution in [0.5, 0.6) is 0 Å². The number of pyridine rings is 1. The molecular formula is C20H33N3O2. The van der Waals surface area contributed by atoms with Crippen LogP contribution in [0.4, 0.5) is 4.79 Å². The summed E-state index contributed by atoms with van der Waals surface area (Å²) < 4.78 is 5.60. The molecule has 0 aromatic carbocycles. The van der Waals surface area contributed by atoms with Gasteiger partial charge in [0, 0.05) is 38.9 Å². The Morgan fingerprint density at radius 1 is 1.24 bits per heavy atom. The van der Waals surface area contributed by atoms with Crippen LogP contribution in [0.3, 0.4) is 0 Å². The third-order valence-electron chi connectivity index (χ3n) is 4.94. The van der Waals surface area contributed by atoms with Crippen molar-refractivity contribution in [2.45, 2.75) is 52.5 Å². The van der Waals surface area contributed by atoms with E-state index in [2.05, 4.69) is 29.8 Å². The van der Waals surface area contributed by atoms with Gasteiger partial charge in [0.1, 0.15) is 0 Å². The fraction of sp³-hybridized carbons (Fsp3) is 0.700. The van der Waals surface area contributed by atoms with Crippen molar-refractivity contribution in [1.29, 1.82) is 0 Å². The molecule has 0 aliphatic carbocycles. The second-order valence-corrected chi connectivity index (χ2v) is 6.93. The van der Waals surface area contributed by atoms with Gasteiger partial charge in [0.15, 0.2) is 0 Å². The molecule has 25 heavy (non-hydrogen) atoms. The van der Waals surface area contributed by atoms with E-state index in [9.17, 15) is 4.79 Å². The summed E-state index contributed by atoms with van der Waals surface area (Å²) in [6.45, 7) is 9.16. The van der Waals surface area contributed by atoms with Crippen LogP contribution in [0.1, 0.15) is 51.6 Å². The first-order chi connectivity index (χ1) is 12.2. The number of hydrogen-bond donors (Lipinski definition) is 0. The lowest BCUT2D eigenvalue weighted by atomic mass is 10.0. The summed E-state index contributed by atoms with van der Waals surface area (Å²) in [7, 11) is 0. The summed E-state index contributed by atoms with van der Waals surface area (Å²) in [6, 6.07) is 6.01. The predicted octanol–water partition coefficient (Wildman–Crippen LogP) is 3.94. The minimum absolute atomic E-state index is 0.144. The average Bonchev–Trinajstić information content (AvgIpc) is 2.88. The molecule has 1 aliphatic rings. The van der Waals surface area contributed by atoms with Gasteiger partial charge in [-0.3, -0.25) is 9.88 Å². The largest absolute Gasteiger partial charge is 0.449 e. The monoisotopic (exact) mass is 347 g/mol. The van der Waals surface area contributed by atoms with Crippen molar-refractivity contribution in [2.75, 3.05) is 32.8 Å². The van der Waals surface area contributed by atoms with Gasteiger partial charge in [0.2, 0.25) is 0 Å². The molecular weight excluding hydrogens is 314 g/mol. The molecule has 2 rings (SSSR count). The molecule has 0 saturated carbocycles. The molecule has 5 heteroatoms. The Balaban J connectivity index is 1.74. The lowest BCUT2D eigenvalue weighted by molar-refractivity contribution is 0.0856. The summed E-state index contributed by atoms with van der Waals surface area (Å²) in [5.41, 5.74) is 1.08. The number of unbranched alkanes of at least 4 members (excludes halogenated alkanes) is 1. The number of nitrogens with zero attached hydrogens (tertiary/aromatic N) is 3. The van der Waals surface area contributed by atoms with Gasteiger partial charge in [-0.05, 0) is 30.9 Å². The third kappa shape index (κ3) is 7.02. The number of carbonyl (C=O) groups is 1. The highest BCUT2D eigenvalue weighted by Gasteiger charge is 2.21. The first-order valence-corrected chi connectivity index (χ1v) is 9.76. The Bertz CT molecular complexity index is 495. The second kappa shape index (κ2) is 11.1. The zero-order valence-electron chi connectivity index (χ0n) is 15.8. The lowest BCUT2D eigenvalue weighted by Gasteiger charge is -2.23. The number of carbonyl (C=O) groups excluding carboxylic acids is 1. The van der Waals surface area contributed by atoms with Crippen LogP contribution < -0.4 is 0 Å². The molecule has 2 heterocycles. The predicted molar refractivity (Wildman–Crippen MR) is 100 cm³/mol. The molecule has 0 bridgehead atoms. The molecule has 1 saturated heterocycles. The number of hydrogen-bond acceptors (Lipinski definition) is 4. The van der Waals surface area contributed by atoms with E-state index in [4.69, 9.17) is 4.74 Å². The van der Waals surface area contributed by atoms with Crippen molar-refractivity contribution in [2.24, 2.45) is 5.92 Å². The van der Waals surface area contributed by atoms with E-state index < -0.39 is 0 Å². The van der Waals surface area contributed by atoms with Crippen LogP contribution >= 0.6 is 0 Å². The van der Waals surface area contributed by atoms with Crippen LogP contribution in [0.15, 0.2) is 24.4 Å². The third-order valence-corrected chi connectivity index (χ3v) is 4.94. The van der Waals surface area contributed by atoms with Crippen molar-refractivity contribution >= 4 is 6.09 Å². The maximum atomic E-state index is 12.4. The van der Waals surface area contributed by atoms with Gasteiger partial charge in [-0.1, -0.05) is 39.2 Å². The van der Waals surface area contributed by atoms with E-state index >= 15 is 0 Å². The van der Waals surface area contributed by atoms with Crippen molar-refractivity contribution in [3.05, 3.63) is 30.1 Å². The zero-order chi connectivity index (χ0) is 17.9. The summed E-state index contributed by atoms with van der Waals surface area (Å²) in [6.07, 6.45) is 7.30. The van der Waals surface area contributed by atoms with Crippen LogP contribution in [0, 0.1) is 5.92 Å². The molecule has 0 radical (unpaired) electrons. The number of amides is 1. The number of aromatic nitrogens is 1. The van der Waals surface area contributed by atoms with Crippen molar-refractivity contribution in [1.82, 2.24) is 14.8 Å². The fourth-order valence-electron chi connectivity index (χ4n) is 3.21. The van der Waals surface area contributed by atoms with E-state index in [1.165, 1.54) is 12.8 Å². The van der Waals surface area contributed by atoms with Gasteiger partial charge in [0.05, 0.1) is 12.3 Å². The Morgan fingerprint density at radius 2 is 2.12 bits per heavy atom. The van der Waals surface area contributed by atoms with E-state index in [0.29, 0.717) is 12.5 Å². The quantitative estimate of drug-likeness (QED) is 0.714. The molecule has 1 atom stereocenters. The van der Waals surface area contributed by atoms with Crippen molar-refractivity contribution in [3.8, 4) is 0 Å². The first-order valence-electron chi connectivity index (χ1n) is 9.76. The molecule has 5 nitrogen and oxygen atoms in total. The Hall–Kier alpha value is -1.62. The molecule has 140 valence electrons. The van der Waals surface area contributed by atoms with Gasteiger partial charge in [-0.2, -0.15) is 0 Å². The van der Waals surface area contributed by atoms with Gasteiger partial charge in [-0.15, -0.1) is 0 Å². The Kier molecular flexibility index (Phi) is 8.73. The topological polar surface area (TPSA) is 45.7 Å². The molecule has 1 unspecified atom stereocenters. The highest BCUT2D eigenvalue weighted by Crippen LogP contribution is 2.14. The molecule has 0 spiro atoms. The number of rotatable bonds is 8. The minimum Gasteiger partial charge on any atom is -0.449 e. The first kappa shape index (κ1) is 19.7. The average molecular weight is 348 g/mol. The number of ether oxygens (including phenoxy) is 1. The van der Waals surface area contributed by atoms with E-state index in [-0.39, 0.29) is 6.09 Å². The molecule has 0 N–H and O–H groups in total. The van der Waals surface area contributed by atoms with Gasteiger partial charge in [0.25, 0.3) is 0 Å². The Labute approximate surface area is 152 Å². The van der Waals surface area contributed by atoms with Gasteiger partial charge >= 0.3 is 6.09 Å². The minimum atomic E-state index is -0.144.